The normalized spacial score (nSPS) is 13.7. The summed E-state index contributed by atoms with van der Waals surface area (Å²) in [5, 5.41) is 5.03. The summed E-state index contributed by atoms with van der Waals surface area (Å²) in [5.41, 5.74) is 1.00. The van der Waals surface area contributed by atoms with Crippen LogP contribution in [0.5, 0.6) is 0 Å². The topological polar surface area (TPSA) is 106 Å². The summed E-state index contributed by atoms with van der Waals surface area (Å²) in [7, 11) is -7.79. The fraction of sp³-hybridized carbons (Fsp3) is 0.200. The Kier molecular flexibility index (Phi) is 5.20. The second kappa shape index (κ2) is 6.79. The Morgan fingerprint density at radius 2 is 1.57 bits per heavy atom. The quantitative estimate of drug-likeness (QED) is 0.814. The van der Waals surface area contributed by atoms with Crippen LogP contribution in [0.2, 0.25) is 0 Å². The van der Waals surface area contributed by atoms with Crippen LogP contribution in [0.4, 0.5) is 0 Å². The number of nitrogens with two attached hydrogens (primary N) is 1. The molecule has 6 nitrogen and oxygen atoms in total. The van der Waals surface area contributed by atoms with Crippen LogP contribution in [0.25, 0.3) is 0 Å². The van der Waals surface area contributed by atoms with Crippen LogP contribution in [0.1, 0.15) is 12.5 Å². The number of sulfonamides is 2. The molecule has 0 aliphatic rings. The van der Waals surface area contributed by atoms with Crippen molar-refractivity contribution in [1.29, 1.82) is 0 Å². The molecule has 0 saturated heterocycles. The summed E-state index contributed by atoms with van der Waals surface area (Å²) >= 11 is 0. The fourth-order valence-electron chi connectivity index (χ4n) is 2.16. The molecule has 0 fully saturated rings. The highest BCUT2D eigenvalue weighted by molar-refractivity contribution is 7.90. The number of hydrogen-bond donors (Lipinski definition) is 2. The zero-order valence-corrected chi connectivity index (χ0v) is 14.1. The van der Waals surface area contributed by atoms with Gasteiger partial charge in [-0.1, -0.05) is 36.4 Å². The van der Waals surface area contributed by atoms with Gasteiger partial charge in [0.1, 0.15) is 0 Å². The second-order valence-corrected chi connectivity index (χ2v) is 8.51. The lowest BCUT2D eigenvalue weighted by molar-refractivity contribution is 0.559. The largest absolute Gasteiger partial charge is 0.240 e. The van der Waals surface area contributed by atoms with Crippen molar-refractivity contribution >= 4 is 20.0 Å². The highest BCUT2D eigenvalue weighted by Gasteiger charge is 2.19. The van der Waals surface area contributed by atoms with Crippen molar-refractivity contribution in [3.05, 3.63) is 60.2 Å². The van der Waals surface area contributed by atoms with Crippen molar-refractivity contribution in [2.45, 2.75) is 29.2 Å². The summed E-state index contributed by atoms with van der Waals surface area (Å²) in [6.07, 6.45) is 0.523. The van der Waals surface area contributed by atoms with E-state index in [0.29, 0.717) is 6.42 Å². The van der Waals surface area contributed by atoms with Crippen molar-refractivity contribution in [3.8, 4) is 0 Å². The van der Waals surface area contributed by atoms with E-state index in [4.69, 9.17) is 5.14 Å². The third-order valence-electron chi connectivity index (χ3n) is 3.19. The molecular weight excluding hydrogens is 336 g/mol. The molecule has 3 N–H and O–H groups in total. The summed E-state index contributed by atoms with van der Waals surface area (Å²) in [5.74, 6) is 0. The van der Waals surface area contributed by atoms with Gasteiger partial charge in [0.2, 0.25) is 20.0 Å². The number of nitrogens with one attached hydrogen (secondary N) is 1. The molecule has 0 spiro atoms. The van der Waals surface area contributed by atoms with Crippen molar-refractivity contribution < 1.29 is 16.8 Å². The van der Waals surface area contributed by atoms with E-state index in [1.54, 1.807) is 6.92 Å². The van der Waals surface area contributed by atoms with Gasteiger partial charge in [-0.25, -0.2) is 26.7 Å². The molecule has 23 heavy (non-hydrogen) atoms. The molecular formula is C15H18N2O4S2. The van der Waals surface area contributed by atoms with Gasteiger partial charge in [-0.05, 0) is 37.1 Å². The van der Waals surface area contributed by atoms with E-state index in [-0.39, 0.29) is 15.8 Å². The van der Waals surface area contributed by atoms with E-state index in [1.807, 2.05) is 30.3 Å². The Morgan fingerprint density at radius 1 is 0.957 bits per heavy atom. The van der Waals surface area contributed by atoms with Gasteiger partial charge in [0.25, 0.3) is 0 Å². The number of benzene rings is 2. The van der Waals surface area contributed by atoms with Crippen molar-refractivity contribution in [1.82, 2.24) is 4.72 Å². The number of primary sulfonamides is 1. The molecule has 2 rings (SSSR count). The average molecular weight is 354 g/mol. The Hall–Kier alpha value is -1.74. The fourth-order valence-corrected chi connectivity index (χ4v) is 4.08. The zero-order valence-electron chi connectivity index (χ0n) is 12.5. The van der Waals surface area contributed by atoms with Crippen LogP contribution in [-0.4, -0.2) is 22.9 Å². The summed E-state index contributed by atoms with van der Waals surface area (Å²) in [6.45, 7) is 1.74. The SMILES string of the molecule is CC(Cc1ccccc1)NS(=O)(=O)c1cccc(S(N)(=O)=O)c1. The molecule has 2 aromatic carbocycles. The van der Waals surface area contributed by atoms with Crippen molar-refractivity contribution in [3.63, 3.8) is 0 Å². The first-order chi connectivity index (χ1) is 10.7. The monoisotopic (exact) mass is 354 g/mol. The molecule has 0 saturated carbocycles. The van der Waals surface area contributed by atoms with Crippen LogP contribution < -0.4 is 9.86 Å². The van der Waals surface area contributed by atoms with Crippen molar-refractivity contribution in [2.24, 2.45) is 5.14 Å². The third kappa shape index (κ3) is 4.87. The van der Waals surface area contributed by atoms with Gasteiger partial charge in [0.15, 0.2) is 0 Å². The molecule has 0 aliphatic heterocycles. The predicted octanol–water partition coefficient (Wildman–Crippen LogP) is 1.24. The van der Waals surface area contributed by atoms with E-state index in [2.05, 4.69) is 4.72 Å². The first kappa shape index (κ1) is 17.6. The van der Waals surface area contributed by atoms with Crippen LogP contribution in [0.15, 0.2) is 64.4 Å². The predicted molar refractivity (Wildman–Crippen MR) is 87.7 cm³/mol. The Morgan fingerprint density at radius 3 is 2.17 bits per heavy atom. The van der Waals surface area contributed by atoms with Crippen LogP contribution in [0, 0.1) is 0 Å². The van der Waals surface area contributed by atoms with Gasteiger partial charge >= 0.3 is 0 Å². The van der Waals surface area contributed by atoms with E-state index in [0.717, 1.165) is 11.6 Å². The molecule has 0 radical (unpaired) electrons. The Balaban J connectivity index is 2.19. The van der Waals surface area contributed by atoms with Crippen LogP contribution in [-0.2, 0) is 26.5 Å². The highest BCUT2D eigenvalue weighted by atomic mass is 32.2. The molecule has 2 aromatic rings. The Bertz CT molecular complexity index is 879. The molecule has 124 valence electrons. The maximum absolute atomic E-state index is 12.4. The molecule has 1 unspecified atom stereocenters. The zero-order chi connectivity index (χ0) is 17.1. The first-order valence-corrected chi connectivity index (χ1v) is 9.90. The van der Waals surface area contributed by atoms with Gasteiger partial charge in [-0.2, -0.15) is 0 Å². The highest BCUT2D eigenvalue weighted by Crippen LogP contribution is 2.15. The van der Waals surface area contributed by atoms with Crippen LogP contribution in [0.3, 0.4) is 0 Å². The molecule has 0 bridgehead atoms. The maximum atomic E-state index is 12.4. The smallest absolute Gasteiger partial charge is 0.225 e. The standard InChI is InChI=1S/C15H18N2O4S2/c1-12(10-13-6-3-2-4-7-13)17-23(20,21)15-9-5-8-14(11-15)22(16,18)19/h2-9,11-12,17H,10H2,1H3,(H2,16,18,19). The minimum absolute atomic E-state index is 0.135. The molecule has 0 aliphatic carbocycles. The van der Waals surface area contributed by atoms with Gasteiger partial charge in [-0.15, -0.1) is 0 Å². The number of hydrogen-bond acceptors (Lipinski definition) is 4. The summed E-state index contributed by atoms with van der Waals surface area (Å²) in [6, 6.07) is 14.1. The molecule has 0 amide bonds. The second-order valence-electron chi connectivity index (χ2n) is 5.23. The van der Waals surface area contributed by atoms with Crippen LogP contribution >= 0.6 is 0 Å². The van der Waals surface area contributed by atoms with E-state index < -0.39 is 20.0 Å². The molecule has 0 heterocycles. The summed E-state index contributed by atoms with van der Waals surface area (Å²) in [4.78, 5) is -0.375. The van der Waals surface area contributed by atoms with Gasteiger partial charge in [0, 0.05) is 6.04 Å². The minimum Gasteiger partial charge on any atom is -0.225 e. The third-order valence-corrected chi connectivity index (χ3v) is 5.68. The molecule has 8 heteroatoms. The Labute approximate surface area is 136 Å². The van der Waals surface area contributed by atoms with Gasteiger partial charge in [0.05, 0.1) is 9.79 Å². The lowest BCUT2D eigenvalue weighted by Gasteiger charge is -2.14. The minimum atomic E-state index is -3.95. The van der Waals surface area contributed by atoms with Gasteiger partial charge < -0.3 is 0 Å². The maximum Gasteiger partial charge on any atom is 0.240 e. The van der Waals surface area contributed by atoms with E-state index in [9.17, 15) is 16.8 Å². The average Bonchev–Trinajstić information content (AvgIpc) is 2.47. The lowest BCUT2D eigenvalue weighted by Crippen LogP contribution is -2.34. The number of rotatable bonds is 6. The summed E-state index contributed by atoms with van der Waals surface area (Å²) < 4.78 is 49.9. The van der Waals surface area contributed by atoms with Crippen molar-refractivity contribution in [2.75, 3.05) is 0 Å². The van der Waals surface area contributed by atoms with E-state index in [1.165, 1.54) is 18.2 Å². The first-order valence-electron chi connectivity index (χ1n) is 6.87. The molecule has 0 aromatic heterocycles. The van der Waals surface area contributed by atoms with E-state index >= 15 is 0 Å². The molecule has 1 atom stereocenters. The lowest BCUT2D eigenvalue weighted by atomic mass is 10.1. The van der Waals surface area contributed by atoms with Gasteiger partial charge in [-0.3, -0.25) is 0 Å².